The largest absolute Gasteiger partial charge is 0.503 e. The van der Waals surface area contributed by atoms with Crippen LogP contribution in [0.5, 0.6) is 0 Å². The Labute approximate surface area is 86.3 Å². The van der Waals surface area contributed by atoms with Crippen molar-refractivity contribution in [2.45, 2.75) is 20.3 Å². The highest BCUT2D eigenvalue weighted by Crippen LogP contribution is 1.95. The van der Waals surface area contributed by atoms with Crippen molar-refractivity contribution in [2.75, 3.05) is 13.1 Å². The molecule has 0 spiro atoms. The van der Waals surface area contributed by atoms with E-state index in [0.29, 0.717) is 0 Å². The molecule has 1 heterocycles. The summed E-state index contributed by atoms with van der Waals surface area (Å²) in [5.41, 5.74) is 2.43. The summed E-state index contributed by atoms with van der Waals surface area (Å²) < 4.78 is 24.5. The Bertz CT molecular complexity index is 183. The summed E-state index contributed by atoms with van der Waals surface area (Å²) in [6.45, 7) is 5.88. The zero-order valence-electron chi connectivity index (χ0n) is 7.66. The average Bonchev–Trinajstić information content (AvgIpc) is 2.12. The molecule has 0 radical (unpaired) electrons. The number of hydrogen-bond acceptors (Lipinski definition) is 5. The molecule has 13 heavy (non-hydrogen) atoms. The van der Waals surface area contributed by atoms with Gasteiger partial charge in [-0.2, -0.15) is 0 Å². The lowest BCUT2D eigenvalue weighted by Crippen LogP contribution is -3.98. The van der Waals surface area contributed by atoms with Crippen molar-refractivity contribution in [2.24, 2.45) is 9.98 Å². The van der Waals surface area contributed by atoms with E-state index >= 15 is 0 Å². The van der Waals surface area contributed by atoms with Crippen molar-refractivity contribution in [3.05, 3.63) is 0 Å². The first-order chi connectivity index (χ1) is 6.02. The van der Waals surface area contributed by atoms with Gasteiger partial charge in [0.15, 0.2) is 0 Å². The summed E-state index contributed by atoms with van der Waals surface area (Å²) in [4.78, 5) is 8.55. The molecular weight excluding hydrogens is 287 g/mol. The van der Waals surface area contributed by atoms with Gasteiger partial charge in [-0.1, -0.05) is 0 Å². The predicted octanol–water partition coefficient (Wildman–Crippen LogP) is -4.62. The topological polar surface area (TPSA) is 91.1 Å². The second-order valence-electron chi connectivity index (χ2n) is 2.61. The standard InChI is InChI=1S/C7H12N2.HIO3/c1-6-5-7(2)9-4-3-8-6;2-1(3)4/h3-5H2,1-2H3;2H. The average molecular weight is 300 g/mol. The van der Waals surface area contributed by atoms with Crippen molar-refractivity contribution in [3.8, 4) is 0 Å². The molecule has 0 saturated heterocycles. The van der Waals surface area contributed by atoms with Crippen LogP contribution >= 0.6 is 0 Å². The van der Waals surface area contributed by atoms with Crippen LogP contribution in [0.3, 0.4) is 0 Å². The number of rotatable bonds is 0. The molecule has 1 N–H and O–H groups in total. The fraction of sp³-hybridized carbons (Fsp3) is 0.714. The fourth-order valence-corrected chi connectivity index (χ4v) is 0.964. The van der Waals surface area contributed by atoms with Crippen LogP contribution in [0, 0.1) is 0 Å². The summed E-state index contributed by atoms with van der Waals surface area (Å²) in [5, 5.41) is 0. The first kappa shape index (κ1) is 12.9. The van der Waals surface area contributed by atoms with Gasteiger partial charge < -0.3 is 6.87 Å². The monoisotopic (exact) mass is 300 g/mol. The smallest absolute Gasteiger partial charge is 0.396 e. The second-order valence-corrected chi connectivity index (χ2v) is 3.76. The van der Waals surface area contributed by atoms with Crippen molar-refractivity contribution in [1.82, 2.24) is 0 Å². The van der Waals surface area contributed by atoms with E-state index in [1.165, 1.54) is 11.4 Å². The fourth-order valence-electron chi connectivity index (χ4n) is 0.964. The van der Waals surface area contributed by atoms with Crippen LogP contribution in [0.4, 0.5) is 0 Å². The quantitative estimate of drug-likeness (QED) is 0.456. The molecule has 1 aliphatic rings. The number of hydrogen-bond donors (Lipinski definition) is 1. The molecule has 0 unspecified atom stereocenters. The molecule has 0 aromatic rings. The normalized spacial score (nSPS) is 16.8. The maximum Gasteiger partial charge on any atom is 0.503 e. The van der Waals surface area contributed by atoms with Crippen molar-refractivity contribution < 1.29 is 31.4 Å². The first-order valence-electron chi connectivity index (χ1n) is 3.76. The van der Waals surface area contributed by atoms with Crippen LogP contribution in [-0.4, -0.2) is 27.9 Å². The summed E-state index contributed by atoms with van der Waals surface area (Å²) in [7, 11) is 0. The molecule has 1 rings (SSSR count). The number of aliphatic imine (C=N–C) groups is 2. The summed E-state index contributed by atoms with van der Waals surface area (Å²) in [6, 6.07) is 0. The van der Waals surface area contributed by atoms with Crippen LogP contribution in [0.2, 0.25) is 0 Å². The third-order valence-electron chi connectivity index (χ3n) is 1.38. The Morgan fingerprint density at radius 3 is 1.77 bits per heavy atom. The third kappa shape index (κ3) is 9.87. The molecule has 6 heteroatoms. The lowest BCUT2D eigenvalue weighted by Gasteiger charge is -1.92. The van der Waals surface area contributed by atoms with Gasteiger partial charge in [-0.05, 0) is 17.3 Å². The maximum absolute atomic E-state index is 8.68. The van der Waals surface area contributed by atoms with Gasteiger partial charge in [0, 0.05) is 17.8 Å². The zero-order valence-corrected chi connectivity index (χ0v) is 9.81. The highest BCUT2D eigenvalue weighted by atomic mass is 127. The van der Waals surface area contributed by atoms with Crippen LogP contribution in [0.25, 0.3) is 0 Å². The first-order valence-corrected chi connectivity index (χ1v) is 6.49. The Morgan fingerprint density at radius 2 is 1.46 bits per heavy atom. The summed E-state index contributed by atoms with van der Waals surface area (Å²) in [5.74, 6) is 0. The minimum Gasteiger partial charge on any atom is -0.396 e. The minimum atomic E-state index is -3.76. The van der Waals surface area contributed by atoms with Crippen LogP contribution in [-0.2, 0) is 0 Å². The number of halogens is 1. The summed E-state index contributed by atoms with van der Waals surface area (Å²) in [6.07, 6.45) is 0.972. The molecule has 0 atom stereocenters. The molecule has 0 aliphatic carbocycles. The van der Waals surface area contributed by atoms with Crippen molar-refractivity contribution in [3.63, 3.8) is 0 Å². The van der Waals surface area contributed by atoms with Gasteiger partial charge in [-0.25, -0.2) is 0 Å². The van der Waals surface area contributed by atoms with Gasteiger partial charge in [-0.15, -0.1) is 0 Å². The molecule has 0 bridgehead atoms. The Kier molecular flexibility index (Phi) is 7.33. The van der Waals surface area contributed by atoms with E-state index < -0.39 is 21.1 Å². The maximum atomic E-state index is 8.68. The molecule has 0 fully saturated rings. The Hall–Kier alpha value is -0.0500. The van der Waals surface area contributed by atoms with Crippen LogP contribution < -0.4 is 27.9 Å². The third-order valence-corrected chi connectivity index (χ3v) is 1.38. The van der Waals surface area contributed by atoms with E-state index in [1.54, 1.807) is 0 Å². The lowest BCUT2D eigenvalue weighted by atomic mass is 10.2. The van der Waals surface area contributed by atoms with Crippen LogP contribution in [0.1, 0.15) is 20.3 Å². The molecule has 0 saturated carbocycles. The van der Waals surface area contributed by atoms with Gasteiger partial charge >= 0.3 is 21.1 Å². The van der Waals surface area contributed by atoms with E-state index in [1.807, 2.05) is 0 Å². The highest BCUT2D eigenvalue weighted by Gasteiger charge is 1.98. The number of nitrogens with zero attached hydrogens (tertiary/aromatic N) is 2. The molecule has 5 nitrogen and oxygen atoms in total. The van der Waals surface area contributed by atoms with Crippen LogP contribution in [0.15, 0.2) is 9.98 Å². The minimum absolute atomic E-state index is 0.878. The molecule has 0 amide bonds. The van der Waals surface area contributed by atoms with E-state index in [0.717, 1.165) is 19.5 Å². The van der Waals surface area contributed by atoms with Crippen molar-refractivity contribution >= 4 is 11.4 Å². The molecule has 0 aromatic heterocycles. The van der Waals surface area contributed by atoms with Gasteiger partial charge in [-0.3, -0.25) is 9.98 Å². The van der Waals surface area contributed by atoms with Gasteiger partial charge in [0.05, 0.1) is 13.1 Å². The van der Waals surface area contributed by atoms with E-state index in [9.17, 15) is 0 Å². The van der Waals surface area contributed by atoms with Gasteiger partial charge in [0.2, 0.25) is 0 Å². The summed E-state index contributed by atoms with van der Waals surface area (Å²) >= 11 is -3.76. The molecule has 0 aromatic carbocycles. The lowest BCUT2D eigenvalue weighted by molar-refractivity contribution is -1.63. The molecule has 76 valence electrons. The van der Waals surface area contributed by atoms with E-state index in [-0.39, 0.29) is 0 Å². The molecular formula is C7H13IN2O3. The predicted molar refractivity (Wildman–Crippen MR) is 42.8 cm³/mol. The highest BCUT2D eigenvalue weighted by molar-refractivity contribution is 6.02. The van der Waals surface area contributed by atoms with Crippen molar-refractivity contribution in [1.29, 1.82) is 0 Å². The Balaban J connectivity index is 0.000000310. The zero-order chi connectivity index (χ0) is 10.3. The SMILES string of the molecule is CC1=NCCN=C(C)C1.[O-][I+2]([O-])O. The molecule has 1 aliphatic heterocycles. The van der Waals surface area contributed by atoms with Gasteiger partial charge in [0.1, 0.15) is 0 Å². The Morgan fingerprint density at radius 1 is 1.15 bits per heavy atom. The van der Waals surface area contributed by atoms with E-state index in [2.05, 4.69) is 23.8 Å². The van der Waals surface area contributed by atoms with E-state index in [4.69, 9.17) is 10.3 Å². The van der Waals surface area contributed by atoms with Gasteiger partial charge in [0.25, 0.3) is 0 Å². The second kappa shape index (κ2) is 7.36.